The molecule has 444 valence electrons. The Kier molecular flexibility index (Phi) is 23.9. The zero-order chi connectivity index (χ0) is 63.2. The quantitative estimate of drug-likeness (QED) is 0.0462. The summed E-state index contributed by atoms with van der Waals surface area (Å²) in [4.78, 5) is 57.5. The number of esters is 2. The molecule has 0 spiro atoms. The molecule has 0 atom stereocenters. The van der Waals surface area contributed by atoms with Gasteiger partial charge in [0.25, 0.3) is 0 Å². The van der Waals surface area contributed by atoms with Crippen molar-refractivity contribution in [1.29, 1.82) is 0 Å². The molecule has 9 rings (SSSR count). The zero-order valence-corrected chi connectivity index (χ0v) is 46.8. The summed E-state index contributed by atoms with van der Waals surface area (Å²) >= 11 is 0. The van der Waals surface area contributed by atoms with Gasteiger partial charge in [-0.2, -0.15) is 35.1 Å². The molecule has 0 bridgehead atoms. The first-order valence-corrected chi connectivity index (χ1v) is 26.1. The number of carbonyl (C=O) groups is 5. The number of halogens is 10. The van der Waals surface area contributed by atoms with Gasteiger partial charge in [0.15, 0.2) is 0 Å². The predicted octanol–water partition coefficient (Wildman–Crippen LogP) is 17.8. The second-order valence-corrected chi connectivity index (χ2v) is 19.1. The molecule has 0 heterocycles. The lowest BCUT2D eigenvalue weighted by atomic mass is 9.98. The normalized spacial score (nSPS) is 11.1. The maximum absolute atomic E-state index is 14.0. The van der Waals surface area contributed by atoms with Crippen LogP contribution in [-0.2, 0) is 33.3 Å². The van der Waals surface area contributed by atoms with E-state index in [-0.39, 0.29) is 50.4 Å². The van der Waals surface area contributed by atoms with Crippen molar-refractivity contribution < 1.29 is 77.4 Å². The number of alkyl halides is 10. The van der Waals surface area contributed by atoms with Gasteiger partial charge in [-0.25, -0.2) is 18.4 Å². The highest BCUT2D eigenvalue weighted by Gasteiger charge is 2.45. The molecule has 0 aromatic heterocycles. The molecule has 0 aliphatic heterocycles. The monoisotopic (exact) mass is 1190 g/mol. The van der Waals surface area contributed by atoms with Gasteiger partial charge in [-0.15, -0.1) is 0 Å². The number of benzene rings is 9. The molecule has 17 heteroatoms. The Bertz CT molecular complexity index is 3390. The second kappa shape index (κ2) is 30.7. The summed E-state index contributed by atoms with van der Waals surface area (Å²) in [5.74, 6) is -20.7. The van der Waals surface area contributed by atoms with Crippen LogP contribution in [0.5, 0.6) is 11.5 Å². The lowest BCUT2D eigenvalue weighted by molar-refractivity contribution is -0.163. The number of ether oxygens (including phenoxy) is 2. The lowest BCUT2D eigenvalue weighted by Gasteiger charge is -2.15. The third kappa shape index (κ3) is 19.1. The molecule has 7 nitrogen and oxygen atoms in total. The topological polar surface area (TPSA) is 104 Å². The van der Waals surface area contributed by atoms with E-state index in [1.54, 1.807) is 84.9 Å². The Hall–Kier alpha value is -9.77. The van der Waals surface area contributed by atoms with E-state index in [1.165, 1.54) is 158 Å². The van der Waals surface area contributed by atoms with E-state index in [1.807, 2.05) is 34.6 Å². The summed E-state index contributed by atoms with van der Waals surface area (Å²) in [6.45, 7) is 9.21. The second-order valence-electron chi connectivity index (χ2n) is 19.1. The fraction of sp³-hybridized carbons (Fsp3) is 0.145. The highest BCUT2D eigenvalue weighted by Crippen LogP contribution is 2.35. The number of ketones is 3. The summed E-state index contributed by atoms with van der Waals surface area (Å²) in [6, 6.07) is 59.0. The van der Waals surface area contributed by atoms with Crippen LogP contribution in [-0.4, -0.2) is 35.7 Å². The summed E-state index contributed by atoms with van der Waals surface area (Å²) in [5.41, 5.74) is 3.49. The number of hydrogen-bond donors (Lipinski definition) is 0. The molecule has 0 fully saturated rings. The highest BCUT2D eigenvalue weighted by molar-refractivity contribution is 6.02. The van der Waals surface area contributed by atoms with Crippen molar-refractivity contribution in [3.05, 3.63) is 309 Å². The molecule has 0 amide bonds. The van der Waals surface area contributed by atoms with Crippen molar-refractivity contribution in [2.45, 2.75) is 64.7 Å². The summed E-state index contributed by atoms with van der Waals surface area (Å²) in [7, 11) is 0. The van der Waals surface area contributed by atoms with E-state index >= 15 is 0 Å². The highest BCUT2D eigenvalue weighted by atomic mass is 19.3. The van der Waals surface area contributed by atoms with Crippen LogP contribution >= 0.6 is 0 Å². The SMILES string of the molecule is Cc1ccc(C(=O)C(F)(F)c2ccccc2)cc1.Cc1ccc(C(=O)C(F)(F)c2ccccc2)cc1.Cc1ccc(C(=O)C(F)F)cc1.Cc1ccc(OC(=O)C(F)(F)c2ccccc2)cc1.Cc1ccc(OC(=O)C(F)(F)c2ccccc2)cc1. The van der Waals surface area contributed by atoms with Crippen LogP contribution in [0.3, 0.4) is 0 Å². The van der Waals surface area contributed by atoms with Gasteiger partial charge in [-0.05, 0) is 58.9 Å². The fourth-order valence-electron chi connectivity index (χ4n) is 7.26. The van der Waals surface area contributed by atoms with Crippen molar-refractivity contribution in [2.75, 3.05) is 0 Å². The first-order valence-electron chi connectivity index (χ1n) is 26.1. The van der Waals surface area contributed by atoms with E-state index in [9.17, 15) is 67.9 Å². The average Bonchev–Trinajstić information content (AvgIpc) is 3.72. The minimum absolute atomic E-state index is 0.0226. The standard InChI is InChI=1S/2C15H12F2O2.2C15H12F2O.C9H8F2O/c2*1-11-7-9-13(10-8-11)19-14(18)15(16,17)12-5-3-2-4-6-12;2*1-11-7-9-12(10-8-11)14(18)15(16,17)13-5-3-2-4-6-13;1-6-2-4-7(5-3-6)8(12)9(10)11/h2*2-10H,1H3;2*2-10H,1H3;2-5,9H,1H3. The van der Waals surface area contributed by atoms with Crippen molar-refractivity contribution in [1.82, 2.24) is 0 Å². The Morgan fingerprint density at radius 1 is 0.291 bits per heavy atom. The summed E-state index contributed by atoms with van der Waals surface area (Å²) < 4.78 is 144. The van der Waals surface area contributed by atoms with Gasteiger partial charge in [-0.3, -0.25) is 14.4 Å². The Morgan fingerprint density at radius 2 is 0.500 bits per heavy atom. The summed E-state index contributed by atoms with van der Waals surface area (Å²) in [6.07, 6.45) is -2.91. The first kappa shape index (κ1) is 67.0. The molecule has 0 aliphatic rings. The predicted molar refractivity (Wildman–Crippen MR) is 308 cm³/mol. The third-order valence-electron chi connectivity index (χ3n) is 12.3. The number of rotatable bonds is 14. The third-order valence-corrected chi connectivity index (χ3v) is 12.3. The van der Waals surface area contributed by atoms with Crippen LogP contribution in [0.1, 0.15) is 81.1 Å². The zero-order valence-electron chi connectivity index (χ0n) is 46.8. The van der Waals surface area contributed by atoms with Gasteiger partial charge in [0, 0.05) is 38.9 Å². The molecule has 0 N–H and O–H groups in total. The molecule has 9 aromatic carbocycles. The Labute approximate surface area is 490 Å². The van der Waals surface area contributed by atoms with Crippen molar-refractivity contribution >= 4 is 29.3 Å². The van der Waals surface area contributed by atoms with E-state index < -0.39 is 59.4 Å². The van der Waals surface area contributed by atoms with Gasteiger partial charge in [0.2, 0.25) is 17.3 Å². The number of hydrogen-bond acceptors (Lipinski definition) is 7. The maximum atomic E-state index is 14.0. The van der Waals surface area contributed by atoms with Gasteiger partial charge >= 0.3 is 42.1 Å². The van der Waals surface area contributed by atoms with E-state index in [0.717, 1.165) is 27.8 Å². The maximum Gasteiger partial charge on any atom is 0.387 e. The molecule has 0 unspecified atom stereocenters. The van der Waals surface area contributed by atoms with E-state index in [2.05, 4.69) is 0 Å². The molecule has 9 aromatic rings. The molecular weight excluding hydrogens is 1130 g/mol. The molecule has 0 radical (unpaired) electrons. The van der Waals surface area contributed by atoms with Crippen LogP contribution in [0, 0.1) is 34.6 Å². The van der Waals surface area contributed by atoms with Crippen molar-refractivity contribution in [2.24, 2.45) is 0 Å². The first-order chi connectivity index (χ1) is 40.6. The van der Waals surface area contributed by atoms with Crippen LogP contribution < -0.4 is 9.47 Å². The van der Waals surface area contributed by atoms with E-state index in [0.29, 0.717) is 0 Å². The van der Waals surface area contributed by atoms with Crippen LogP contribution in [0.4, 0.5) is 43.9 Å². The van der Waals surface area contributed by atoms with Crippen LogP contribution in [0.25, 0.3) is 0 Å². The average molecular weight is 1190 g/mol. The van der Waals surface area contributed by atoms with Crippen molar-refractivity contribution in [3.63, 3.8) is 0 Å². The smallest absolute Gasteiger partial charge is 0.387 e. The van der Waals surface area contributed by atoms with Crippen LogP contribution in [0.15, 0.2) is 243 Å². The largest absolute Gasteiger partial charge is 0.422 e. The van der Waals surface area contributed by atoms with Crippen LogP contribution in [0.2, 0.25) is 0 Å². The number of carbonyl (C=O) groups excluding carboxylic acids is 5. The Morgan fingerprint density at radius 3 is 0.733 bits per heavy atom. The fourth-order valence-corrected chi connectivity index (χ4v) is 7.26. The van der Waals surface area contributed by atoms with E-state index in [4.69, 9.17) is 9.47 Å². The summed E-state index contributed by atoms with van der Waals surface area (Å²) in [5, 5.41) is 0. The van der Waals surface area contributed by atoms with Gasteiger partial charge in [-0.1, -0.05) is 246 Å². The lowest BCUT2D eigenvalue weighted by Crippen LogP contribution is -2.30. The Balaban J connectivity index is 0.000000198. The number of Topliss-reactive ketones (excluding diaryl/α,β-unsaturated/α-hetero) is 3. The minimum atomic E-state index is -3.66. The molecule has 0 saturated carbocycles. The van der Waals surface area contributed by atoms with Gasteiger partial charge in [0.05, 0.1) is 0 Å². The molecular formula is C69H56F10O7. The number of aryl methyl sites for hydroxylation is 5. The van der Waals surface area contributed by atoms with Gasteiger partial charge < -0.3 is 9.47 Å². The van der Waals surface area contributed by atoms with Gasteiger partial charge in [0.1, 0.15) is 11.5 Å². The van der Waals surface area contributed by atoms with Crippen molar-refractivity contribution in [3.8, 4) is 11.5 Å². The molecule has 86 heavy (non-hydrogen) atoms. The molecule has 0 aliphatic carbocycles. The minimum Gasteiger partial charge on any atom is -0.422 e. The molecule has 0 saturated heterocycles.